The number of hydrogen-bond donors (Lipinski definition) is 5. The lowest BCUT2D eigenvalue weighted by Gasteiger charge is -2.51. The van der Waals surface area contributed by atoms with Gasteiger partial charge in [0.1, 0.15) is 12.3 Å². The minimum atomic E-state index is -1.08. The first-order valence-electron chi connectivity index (χ1n) is 14.6. The first-order chi connectivity index (χ1) is 20.2. The summed E-state index contributed by atoms with van der Waals surface area (Å²) >= 11 is 3.44. The average Bonchev–Trinajstić information content (AvgIpc) is 3.49. The van der Waals surface area contributed by atoms with Crippen molar-refractivity contribution in [3.63, 3.8) is 0 Å². The molecule has 7 atom stereocenters. The Labute approximate surface area is 254 Å². The van der Waals surface area contributed by atoms with Crippen molar-refractivity contribution in [2.45, 2.75) is 70.2 Å². The Balaban J connectivity index is 1.61. The molecular weight excluding hydrogens is 604 g/mol. The summed E-state index contributed by atoms with van der Waals surface area (Å²) in [4.78, 5) is 59.8. The summed E-state index contributed by atoms with van der Waals surface area (Å²) in [5, 5.41) is 19.0. The highest BCUT2D eigenvalue weighted by atomic mass is 79.9. The minimum absolute atomic E-state index is 0.0917. The molecule has 1 aliphatic carbocycles. The Kier molecular flexibility index (Phi) is 11.3. The SMILES string of the molecule is CC(=O)N[C@H](C(=O)NC[C@@H]1[C@H]2CCCC[C@@H]2CN(C(=O)c2ccc(Br)cc2)[C@@H]1CN[C@H](C=O)Cc1cnc[nH]1)[C@@H](C)O. The number of benzene rings is 1. The van der Waals surface area contributed by atoms with Gasteiger partial charge in [0, 0.05) is 66.9 Å². The summed E-state index contributed by atoms with van der Waals surface area (Å²) in [7, 11) is 0. The molecule has 228 valence electrons. The molecule has 1 saturated carbocycles. The molecule has 11 nitrogen and oxygen atoms in total. The Morgan fingerprint density at radius 2 is 1.93 bits per heavy atom. The lowest BCUT2D eigenvalue weighted by atomic mass is 9.66. The number of amides is 3. The van der Waals surface area contributed by atoms with E-state index in [4.69, 9.17) is 0 Å². The summed E-state index contributed by atoms with van der Waals surface area (Å²) in [6.45, 7) is 3.99. The number of rotatable bonds is 12. The second kappa shape index (κ2) is 14.9. The van der Waals surface area contributed by atoms with Gasteiger partial charge in [0.15, 0.2) is 0 Å². The zero-order valence-electron chi connectivity index (χ0n) is 24.1. The van der Waals surface area contributed by atoms with Gasteiger partial charge < -0.3 is 35.7 Å². The van der Waals surface area contributed by atoms with Crippen molar-refractivity contribution in [1.29, 1.82) is 0 Å². The average molecular weight is 646 g/mol. The molecule has 1 aromatic heterocycles. The number of aromatic nitrogens is 2. The number of aliphatic hydroxyl groups is 1. The predicted molar refractivity (Wildman–Crippen MR) is 160 cm³/mol. The van der Waals surface area contributed by atoms with Crippen molar-refractivity contribution >= 4 is 39.9 Å². The number of likely N-dealkylation sites (tertiary alicyclic amines) is 1. The van der Waals surface area contributed by atoms with E-state index in [0.717, 1.165) is 42.1 Å². The third kappa shape index (κ3) is 8.05. The van der Waals surface area contributed by atoms with Gasteiger partial charge in [-0.1, -0.05) is 28.8 Å². The van der Waals surface area contributed by atoms with Gasteiger partial charge in [0.25, 0.3) is 5.91 Å². The van der Waals surface area contributed by atoms with Crippen LogP contribution in [-0.4, -0.2) is 87.8 Å². The molecule has 0 unspecified atom stereocenters. The number of nitrogens with one attached hydrogen (secondary N) is 4. The van der Waals surface area contributed by atoms with Crippen molar-refractivity contribution in [2.75, 3.05) is 19.6 Å². The van der Waals surface area contributed by atoms with Crippen LogP contribution in [0, 0.1) is 17.8 Å². The molecule has 0 spiro atoms. The van der Waals surface area contributed by atoms with E-state index in [1.165, 1.54) is 13.8 Å². The zero-order valence-corrected chi connectivity index (χ0v) is 25.7. The standard InChI is InChI=1S/C30H41BrN6O5/c1-18(39)28(36-19(2)40)29(41)34-13-26-25-6-4-3-5-21(25)15-37(30(42)20-7-9-22(31)10-8-20)27(26)14-33-24(16-38)11-23-12-32-17-35-23/h7-10,12,16-18,21,24-28,33,39H,3-6,11,13-15H2,1-2H3,(H,32,35)(H,34,41)(H,36,40)/t18-,21-,24+,25+,26-,27-,28+/m1/s1. The van der Waals surface area contributed by atoms with Gasteiger partial charge in [-0.2, -0.15) is 0 Å². The first-order valence-corrected chi connectivity index (χ1v) is 15.4. The van der Waals surface area contributed by atoms with Crippen LogP contribution < -0.4 is 16.0 Å². The highest BCUT2D eigenvalue weighted by Gasteiger charge is 2.46. The molecule has 4 rings (SSSR count). The third-order valence-electron chi connectivity index (χ3n) is 8.58. The number of halogens is 1. The highest BCUT2D eigenvalue weighted by Crippen LogP contribution is 2.42. The third-order valence-corrected chi connectivity index (χ3v) is 9.11. The fourth-order valence-corrected chi connectivity index (χ4v) is 6.76. The minimum Gasteiger partial charge on any atom is -0.391 e. The van der Waals surface area contributed by atoms with Crippen LogP contribution in [0.4, 0.5) is 0 Å². The van der Waals surface area contributed by atoms with E-state index in [1.54, 1.807) is 24.7 Å². The maximum atomic E-state index is 14.0. The van der Waals surface area contributed by atoms with Gasteiger partial charge in [-0.05, 0) is 55.9 Å². The Hall–Kier alpha value is -3.09. The van der Waals surface area contributed by atoms with E-state index >= 15 is 0 Å². The lowest BCUT2D eigenvalue weighted by Crippen LogP contribution is -2.62. The van der Waals surface area contributed by atoms with Crippen LogP contribution in [0.25, 0.3) is 0 Å². The predicted octanol–water partition coefficient (Wildman–Crippen LogP) is 1.82. The molecular formula is C30H41BrN6O5. The van der Waals surface area contributed by atoms with Crippen molar-refractivity contribution in [3.8, 4) is 0 Å². The van der Waals surface area contributed by atoms with Gasteiger partial charge >= 0.3 is 0 Å². The van der Waals surface area contributed by atoms with Crippen LogP contribution in [0.5, 0.6) is 0 Å². The van der Waals surface area contributed by atoms with Crippen molar-refractivity contribution < 1.29 is 24.3 Å². The summed E-state index contributed by atoms with van der Waals surface area (Å²) in [6, 6.07) is 5.40. The molecule has 3 amide bonds. The van der Waals surface area contributed by atoms with Crippen molar-refractivity contribution in [2.24, 2.45) is 17.8 Å². The summed E-state index contributed by atoms with van der Waals surface area (Å²) < 4.78 is 0.878. The van der Waals surface area contributed by atoms with E-state index in [1.807, 2.05) is 17.0 Å². The number of aliphatic hydroxyl groups excluding tert-OH is 1. The lowest BCUT2D eigenvalue weighted by molar-refractivity contribution is -0.131. The van der Waals surface area contributed by atoms with Crippen LogP contribution in [0.1, 0.15) is 55.6 Å². The molecule has 0 bridgehead atoms. The van der Waals surface area contributed by atoms with E-state index in [9.17, 15) is 24.3 Å². The molecule has 2 aromatic rings. The van der Waals surface area contributed by atoms with Crippen LogP contribution in [-0.2, 0) is 20.8 Å². The van der Waals surface area contributed by atoms with Gasteiger partial charge in [0.05, 0.1) is 18.5 Å². The van der Waals surface area contributed by atoms with Gasteiger partial charge in [-0.3, -0.25) is 14.4 Å². The molecule has 42 heavy (non-hydrogen) atoms. The molecule has 1 saturated heterocycles. The number of piperidine rings is 1. The number of fused-ring (bicyclic) bond motifs is 1. The van der Waals surface area contributed by atoms with Crippen LogP contribution in [0.15, 0.2) is 41.3 Å². The smallest absolute Gasteiger partial charge is 0.254 e. The Morgan fingerprint density at radius 3 is 2.57 bits per heavy atom. The van der Waals surface area contributed by atoms with Crippen LogP contribution >= 0.6 is 15.9 Å². The molecule has 5 N–H and O–H groups in total. The van der Waals surface area contributed by atoms with Gasteiger partial charge in [0.2, 0.25) is 11.8 Å². The number of aromatic amines is 1. The first kappa shape index (κ1) is 31.8. The van der Waals surface area contributed by atoms with Gasteiger partial charge in [-0.25, -0.2) is 4.98 Å². The number of carbonyl (C=O) groups excluding carboxylic acids is 4. The van der Waals surface area contributed by atoms with E-state index in [0.29, 0.717) is 25.1 Å². The normalized spacial score (nSPS) is 24.1. The molecule has 2 fully saturated rings. The number of nitrogens with zero attached hydrogens (tertiary/aromatic N) is 2. The molecule has 1 aromatic carbocycles. The van der Waals surface area contributed by atoms with Crippen molar-refractivity contribution in [1.82, 2.24) is 30.8 Å². The Bertz CT molecular complexity index is 1210. The fraction of sp³-hybridized carbons (Fsp3) is 0.567. The molecule has 1 aliphatic heterocycles. The second-order valence-corrected chi connectivity index (χ2v) is 12.4. The van der Waals surface area contributed by atoms with Crippen LogP contribution in [0.2, 0.25) is 0 Å². The topological polar surface area (TPSA) is 157 Å². The molecule has 2 aliphatic rings. The van der Waals surface area contributed by atoms with E-state index < -0.39 is 30.0 Å². The number of hydrogen-bond acceptors (Lipinski definition) is 7. The molecule has 12 heteroatoms. The number of aldehydes is 1. The summed E-state index contributed by atoms with van der Waals surface area (Å²) in [5.41, 5.74) is 1.40. The number of H-pyrrole nitrogens is 1. The Morgan fingerprint density at radius 1 is 1.19 bits per heavy atom. The molecule has 2 heterocycles. The quantitative estimate of drug-likeness (QED) is 0.221. The van der Waals surface area contributed by atoms with Crippen molar-refractivity contribution in [3.05, 3.63) is 52.5 Å². The van der Waals surface area contributed by atoms with E-state index in [2.05, 4.69) is 41.8 Å². The van der Waals surface area contributed by atoms with E-state index in [-0.39, 0.29) is 36.2 Å². The monoisotopic (exact) mass is 644 g/mol. The van der Waals surface area contributed by atoms with Gasteiger partial charge in [-0.15, -0.1) is 0 Å². The maximum Gasteiger partial charge on any atom is 0.254 e. The number of imidazole rings is 1. The number of carbonyl (C=O) groups is 4. The largest absolute Gasteiger partial charge is 0.391 e. The highest BCUT2D eigenvalue weighted by molar-refractivity contribution is 9.10. The summed E-state index contributed by atoms with van der Waals surface area (Å²) in [5.74, 6) is -0.525. The second-order valence-electron chi connectivity index (χ2n) is 11.5. The summed E-state index contributed by atoms with van der Waals surface area (Å²) in [6.07, 6.45) is 7.62. The molecule has 0 radical (unpaired) electrons. The fourth-order valence-electron chi connectivity index (χ4n) is 6.50. The zero-order chi connectivity index (χ0) is 30.2. The maximum absolute atomic E-state index is 14.0. The van der Waals surface area contributed by atoms with Crippen LogP contribution in [0.3, 0.4) is 0 Å².